The topological polar surface area (TPSA) is 81.7 Å². The lowest BCUT2D eigenvalue weighted by Gasteiger charge is -2.44. The zero-order valence-electron chi connectivity index (χ0n) is 18.8. The van der Waals surface area contributed by atoms with Crippen LogP contribution in [0.4, 0.5) is 5.95 Å². The Hall–Kier alpha value is -2.78. The SMILES string of the molecule is O=C(C1CCC2C(=O)N(Cc3ccc(Cl)cc3)C(=S)NC2C1)N1CCN(c2ncccn2)CC1. The standard InChI is InChI=1S/C24H27ClN6O2S/c25-18-5-2-16(3-6-18)15-31-22(33)19-7-4-17(14-20(19)28-24(31)34)21(32)29-10-12-30(13-11-29)23-26-8-1-9-27-23/h1-3,5-6,8-9,17,19-20H,4,7,10-15H2,(H,28,34). The van der Waals surface area contributed by atoms with E-state index in [1.165, 1.54) is 0 Å². The van der Waals surface area contributed by atoms with Crippen LogP contribution in [-0.4, -0.2) is 68.9 Å². The first-order chi connectivity index (χ1) is 16.5. The number of hydrogen-bond acceptors (Lipinski definition) is 6. The van der Waals surface area contributed by atoms with Crippen molar-refractivity contribution < 1.29 is 9.59 Å². The molecule has 5 rings (SSSR count). The molecule has 0 spiro atoms. The van der Waals surface area contributed by atoms with Crippen LogP contribution in [0.5, 0.6) is 0 Å². The lowest BCUT2D eigenvalue weighted by Crippen LogP contribution is -2.62. The molecule has 0 bridgehead atoms. The Morgan fingerprint density at radius 2 is 1.79 bits per heavy atom. The number of amides is 2. The Morgan fingerprint density at radius 3 is 2.50 bits per heavy atom. The van der Waals surface area contributed by atoms with Gasteiger partial charge in [0, 0.05) is 55.6 Å². The predicted octanol–water partition coefficient (Wildman–Crippen LogP) is 2.48. The fourth-order valence-corrected chi connectivity index (χ4v) is 5.58. The van der Waals surface area contributed by atoms with Crippen LogP contribution >= 0.6 is 23.8 Å². The van der Waals surface area contributed by atoms with Crippen molar-refractivity contribution in [1.29, 1.82) is 0 Å². The number of halogens is 1. The molecule has 2 aliphatic heterocycles. The van der Waals surface area contributed by atoms with Gasteiger partial charge < -0.3 is 15.1 Å². The Kier molecular flexibility index (Phi) is 6.65. The molecule has 1 saturated carbocycles. The Balaban J connectivity index is 1.17. The summed E-state index contributed by atoms with van der Waals surface area (Å²) in [5.74, 6) is 0.681. The van der Waals surface area contributed by atoms with Gasteiger partial charge in [-0.3, -0.25) is 14.5 Å². The van der Waals surface area contributed by atoms with Crippen molar-refractivity contribution in [2.24, 2.45) is 11.8 Å². The lowest BCUT2D eigenvalue weighted by atomic mass is 9.76. The van der Waals surface area contributed by atoms with Crippen molar-refractivity contribution in [3.8, 4) is 0 Å². The molecular weight excluding hydrogens is 472 g/mol. The fraction of sp³-hybridized carbons (Fsp3) is 0.458. The van der Waals surface area contributed by atoms with E-state index in [4.69, 9.17) is 23.8 Å². The number of fused-ring (bicyclic) bond motifs is 1. The number of carbonyl (C=O) groups is 2. The quantitative estimate of drug-likeness (QED) is 0.648. The van der Waals surface area contributed by atoms with Gasteiger partial charge in [-0.05, 0) is 55.2 Å². The number of aromatic nitrogens is 2. The molecule has 3 atom stereocenters. The van der Waals surface area contributed by atoms with E-state index in [-0.39, 0.29) is 29.7 Å². The molecule has 34 heavy (non-hydrogen) atoms. The molecule has 10 heteroatoms. The van der Waals surface area contributed by atoms with Crippen LogP contribution in [0.3, 0.4) is 0 Å². The maximum absolute atomic E-state index is 13.3. The summed E-state index contributed by atoms with van der Waals surface area (Å²) >= 11 is 11.5. The fourth-order valence-electron chi connectivity index (χ4n) is 5.15. The number of carbonyl (C=O) groups excluding carboxylic acids is 2. The van der Waals surface area contributed by atoms with Crippen LogP contribution in [-0.2, 0) is 16.1 Å². The summed E-state index contributed by atoms with van der Waals surface area (Å²) in [4.78, 5) is 40.8. The molecule has 1 aromatic carbocycles. The smallest absolute Gasteiger partial charge is 0.234 e. The Bertz CT molecular complexity index is 1060. The minimum Gasteiger partial charge on any atom is -0.359 e. The second-order valence-electron chi connectivity index (χ2n) is 9.08. The van der Waals surface area contributed by atoms with Gasteiger partial charge in [-0.25, -0.2) is 9.97 Å². The lowest BCUT2D eigenvalue weighted by molar-refractivity contribution is -0.142. The van der Waals surface area contributed by atoms with Crippen LogP contribution in [0.1, 0.15) is 24.8 Å². The summed E-state index contributed by atoms with van der Waals surface area (Å²) in [6.45, 7) is 3.16. The van der Waals surface area contributed by atoms with E-state index < -0.39 is 0 Å². The third kappa shape index (κ3) is 4.72. The molecule has 3 unspecified atom stereocenters. The molecule has 2 aromatic rings. The zero-order valence-corrected chi connectivity index (χ0v) is 20.3. The monoisotopic (exact) mass is 498 g/mol. The molecule has 178 valence electrons. The van der Waals surface area contributed by atoms with E-state index in [0.29, 0.717) is 48.6 Å². The van der Waals surface area contributed by atoms with Crippen LogP contribution in [0.15, 0.2) is 42.7 Å². The Labute approximate surface area is 209 Å². The maximum Gasteiger partial charge on any atom is 0.234 e. The molecule has 1 N–H and O–H groups in total. The first-order valence-corrected chi connectivity index (χ1v) is 12.5. The van der Waals surface area contributed by atoms with Crippen LogP contribution in [0.2, 0.25) is 5.02 Å². The van der Waals surface area contributed by atoms with Crippen molar-refractivity contribution in [3.05, 3.63) is 53.3 Å². The highest BCUT2D eigenvalue weighted by Gasteiger charge is 2.44. The summed E-state index contributed by atoms with van der Waals surface area (Å²) < 4.78 is 0. The number of thiocarbonyl (C=S) groups is 1. The largest absolute Gasteiger partial charge is 0.359 e. The van der Waals surface area contributed by atoms with Crippen molar-refractivity contribution in [2.45, 2.75) is 31.8 Å². The average Bonchev–Trinajstić information content (AvgIpc) is 2.87. The molecule has 3 heterocycles. The molecule has 1 aliphatic carbocycles. The number of piperazine rings is 1. The van der Waals surface area contributed by atoms with E-state index in [2.05, 4.69) is 20.2 Å². The van der Waals surface area contributed by atoms with E-state index >= 15 is 0 Å². The molecule has 3 aliphatic rings. The first-order valence-electron chi connectivity index (χ1n) is 11.7. The van der Waals surface area contributed by atoms with Crippen molar-refractivity contribution in [3.63, 3.8) is 0 Å². The third-order valence-electron chi connectivity index (χ3n) is 7.02. The van der Waals surface area contributed by atoms with Crippen LogP contribution in [0.25, 0.3) is 0 Å². The molecule has 8 nitrogen and oxygen atoms in total. The van der Waals surface area contributed by atoms with Gasteiger partial charge in [-0.1, -0.05) is 23.7 Å². The van der Waals surface area contributed by atoms with E-state index in [1.807, 2.05) is 29.2 Å². The van der Waals surface area contributed by atoms with Gasteiger partial charge in [0.1, 0.15) is 0 Å². The highest BCUT2D eigenvalue weighted by atomic mass is 35.5. The molecule has 2 saturated heterocycles. The molecule has 2 amide bonds. The van der Waals surface area contributed by atoms with Gasteiger partial charge in [0.15, 0.2) is 5.11 Å². The second kappa shape index (κ2) is 9.84. The van der Waals surface area contributed by atoms with Crippen molar-refractivity contribution >= 4 is 46.7 Å². The van der Waals surface area contributed by atoms with Gasteiger partial charge in [0.05, 0.1) is 12.5 Å². The van der Waals surface area contributed by atoms with Gasteiger partial charge in [-0.15, -0.1) is 0 Å². The number of rotatable bonds is 4. The molecule has 1 aromatic heterocycles. The van der Waals surface area contributed by atoms with Crippen molar-refractivity contribution in [1.82, 2.24) is 25.1 Å². The molecule has 3 fully saturated rings. The van der Waals surface area contributed by atoms with E-state index in [9.17, 15) is 9.59 Å². The molecular formula is C24H27ClN6O2S. The summed E-state index contributed by atoms with van der Waals surface area (Å²) in [6.07, 6.45) is 5.50. The Morgan fingerprint density at radius 1 is 1.09 bits per heavy atom. The van der Waals surface area contributed by atoms with E-state index in [0.717, 1.165) is 25.1 Å². The first kappa shape index (κ1) is 23.0. The molecule has 0 radical (unpaired) electrons. The number of benzene rings is 1. The average molecular weight is 499 g/mol. The highest BCUT2D eigenvalue weighted by Crippen LogP contribution is 2.34. The van der Waals surface area contributed by atoms with Crippen LogP contribution in [0, 0.1) is 11.8 Å². The third-order valence-corrected chi connectivity index (χ3v) is 7.61. The second-order valence-corrected chi connectivity index (χ2v) is 9.91. The highest BCUT2D eigenvalue weighted by molar-refractivity contribution is 7.80. The summed E-state index contributed by atoms with van der Waals surface area (Å²) in [5.41, 5.74) is 0.976. The van der Waals surface area contributed by atoms with Crippen molar-refractivity contribution in [2.75, 3.05) is 31.1 Å². The van der Waals surface area contributed by atoms with E-state index in [1.54, 1.807) is 23.4 Å². The van der Waals surface area contributed by atoms with Gasteiger partial charge >= 0.3 is 0 Å². The zero-order chi connectivity index (χ0) is 23.7. The summed E-state index contributed by atoms with van der Waals surface area (Å²) in [5, 5.41) is 4.46. The number of nitrogens with one attached hydrogen (secondary N) is 1. The van der Waals surface area contributed by atoms with Gasteiger partial charge in [-0.2, -0.15) is 0 Å². The van der Waals surface area contributed by atoms with Gasteiger partial charge in [0.25, 0.3) is 0 Å². The minimum absolute atomic E-state index is 0.0473. The van der Waals surface area contributed by atoms with Crippen LogP contribution < -0.4 is 10.2 Å². The normalized spacial score (nSPS) is 25.1. The summed E-state index contributed by atoms with van der Waals surface area (Å²) in [7, 11) is 0. The maximum atomic E-state index is 13.3. The minimum atomic E-state index is -0.157. The number of nitrogens with zero attached hydrogens (tertiary/aromatic N) is 5. The number of anilines is 1. The number of hydrogen-bond donors (Lipinski definition) is 1. The predicted molar refractivity (Wildman–Crippen MR) is 133 cm³/mol. The van der Waals surface area contributed by atoms with Gasteiger partial charge in [0.2, 0.25) is 17.8 Å². The summed E-state index contributed by atoms with van der Waals surface area (Å²) in [6, 6.07) is 9.14.